The van der Waals surface area contributed by atoms with Gasteiger partial charge in [0.2, 0.25) is 0 Å². The molecular formula is C8H6BrClFNO2. The van der Waals surface area contributed by atoms with Gasteiger partial charge in [0.1, 0.15) is 0 Å². The highest BCUT2D eigenvalue weighted by Gasteiger charge is 2.10. The Morgan fingerprint density at radius 3 is 2.79 bits per heavy atom. The van der Waals surface area contributed by atoms with Crippen LogP contribution in [0.3, 0.4) is 0 Å². The third-order valence-corrected chi connectivity index (χ3v) is 2.13. The van der Waals surface area contributed by atoms with E-state index in [1.807, 2.05) is 0 Å². The summed E-state index contributed by atoms with van der Waals surface area (Å²) in [7, 11) is 0. The largest absolute Gasteiger partial charge is 0.480 e. The molecule has 0 spiro atoms. The van der Waals surface area contributed by atoms with E-state index in [9.17, 15) is 9.18 Å². The summed E-state index contributed by atoms with van der Waals surface area (Å²) in [6.45, 7) is -0.378. The lowest BCUT2D eigenvalue weighted by Gasteiger charge is -2.07. The highest BCUT2D eigenvalue weighted by atomic mass is 79.9. The molecule has 1 amide bonds. The Morgan fingerprint density at radius 2 is 2.29 bits per heavy atom. The van der Waals surface area contributed by atoms with Gasteiger partial charge >= 0.3 is 0 Å². The minimum Gasteiger partial charge on any atom is -0.480 e. The maximum atomic E-state index is 13.2. The standard InChI is InChI=1S/C8H6BrClFNO2/c9-5-1-4(10)2-6(11)8(5)14-3-7(12)13/h1-2H,3H2,(H2,12,13). The van der Waals surface area contributed by atoms with Crippen LogP contribution in [-0.4, -0.2) is 12.5 Å². The summed E-state index contributed by atoms with van der Waals surface area (Å²) in [6.07, 6.45) is 0. The molecule has 1 aromatic rings. The first-order valence-corrected chi connectivity index (χ1v) is 4.73. The third-order valence-electron chi connectivity index (χ3n) is 1.32. The number of halogens is 3. The summed E-state index contributed by atoms with van der Waals surface area (Å²) in [5.41, 5.74) is 4.84. The predicted octanol–water partition coefficient (Wildman–Crippen LogP) is 2.11. The molecule has 1 rings (SSSR count). The molecule has 3 nitrogen and oxygen atoms in total. The van der Waals surface area contributed by atoms with Gasteiger partial charge < -0.3 is 10.5 Å². The zero-order valence-corrected chi connectivity index (χ0v) is 9.23. The van der Waals surface area contributed by atoms with Crippen LogP contribution in [0.4, 0.5) is 4.39 Å². The number of rotatable bonds is 3. The van der Waals surface area contributed by atoms with E-state index in [2.05, 4.69) is 15.9 Å². The number of hydrogen-bond donors (Lipinski definition) is 1. The van der Waals surface area contributed by atoms with Gasteiger partial charge in [-0.3, -0.25) is 4.79 Å². The fourth-order valence-corrected chi connectivity index (χ4v) is 1.70. The molecule has 0 unspecified atom stereocenters. The highest BCUT2D eigenvalue weighted by Crippen LogP contribution is 2.31. The third kappa shape index (κ3) is 2.85. The lowest BCUT2D eigenvalue weighted by Crippen LogP contribution is -2.20. The molecule has 0 radical (unpaired) electrons. The molecule has 76 valence electrons. The molecule has 0 aromatic heterocycles. The maximum Gasteiger partial charge on any atom is 0.255 e. The van der Waals surface area contributed by atoms with Crippen LogP contribution in [0.5, 0.6) is 5.75 Å². The highest BCUT2D eigenvalue weighted by molar-refractivity contribution is 9.10. The number of carbonyl (C=O) groups is 1. The number of benzene rings is 1. The summed E-state index contributed by atoms with van der Waals surface area (Å²) in [5.74, 6) is -1.40. The van der Waals surface area contributed by atoms with Crippen molar-refractivity contribution < 1.29 is 13.9 Å². The molecule has 6 heteroatoms. The van der Waals surface area contributed by atoms with E-state index in [0.29, 0.717) is 4.47 Å². The van der Waals surface area contributed by atoms with Crippen molar-refractivity contribution in [3.8, 4) is 5.75 Å². The summed E-state index contributed by atoms with van der Waals surface area (Å²) in [4.78, 5) is 10.4. The Kier molecular flexibility index (Phi) is 3.71. The number of amides is 1. The normalized spacial score (nSPS) is 9.93. The average molecular weight is 282 g/mol. The van der Waals surface area contributed by atoms with Crippen molar-refractivity contribution in [3.63, 3.8) is 0 Å². The van der Waals surface area contributed by atoms with Gasteiger partial charge in [0, 0.05) is 5.02 Å². The Morgan fingerprint density at radius 1 is 1.64 bits per heavy atom. The van der Waals surface area contributed by atoms with Gasteiger partial charge in [0.25, 0.3) is 5.91 Å². The van der Waals surface area contributed by atoms with Crippen LogP contribution in [0.1, 0.15) is 0 Å². The molecule has 0 saturated heterocycles. The molecule has 0 fully saturated rings. The van der Waals surface area contributed by atoms with Gasteiger partial charge in [-0.1, -0.05) is 11.6 Å². The zero-order valence-electron chi connectivity index (χ0n) is 6.89. The fourth-order valence-electron chi connectivity index (χ4n) is 0.810. The number of primary amides is 1. The zero-order chi connectivity index (χ0) is 10.7. The van der Waals surface area contributed by atoms with E-state index < -0.39 is 11.7 Å². The minimum absolute atomic E-state index is 0.0757. The Labute approximate surface area is 93.1 Å². The van der Waals surface area contributed by atoms with E-state index in [0.717, 1.165) is 6.07 Å². The van der Waals surface area contributed by atoms with Crippen molar-refractivity contribution in [1.29, 1.82) is 0 Å². The number of nitrogens with two attached hydrogens (primary N) is 1. The fraction of sp³-hybridized carbons (Fsp3) is 0.125. The van der Waals surface area contributed by atoms with Gasteiger partial charge in [-0.15, -0.1) is 0 Å². The van der Waals surface area contributed by atoms with E-state index in [1.165, 1.54) is 6.07 Å². The average Bonchev–Trinajstić information content (AvgIpc) is 2.01. The summed E-state index contributed by atoms with van der Waals surface area (Å²) >= 11 is 8.61. The molecule has 1 aromatic carbocycles. The second-order valence-corrected chi connectivity index (χ2v) is 3.74. The first-order valence-electron chi connectivity index (χ1n) is 3.56. The summed E-state index contributed by atoms with van der Waals surface area (Å²) in [6, 6.07) is 2.55. The van der Waals surface area contributed by atoms with Crippen molar-refractivity contribution in [3.05, 3.63) is 27.4 Å². The Balaban J connectivity index is 2.91. The topological polar surface area (TPSA) is 52.3 Å². The quantitative estimate of drug-likeness (QED) is 0.923. The molecule has 0 atom stereocenters. The smallest absolute Gasteiger partial charge is 0.255 e. The summed E-state index contributed by atoms with van der Waals surface area (Å²) < 4.78 is 18.3. The maximum absolute atomic E-state index is 13.2. The van der Waals surface area contributed by atoms with Crippen LogP contribution in [0, 0.1) is 5.82 Å². The van der Waals surface area contributed by atoms with Crippen molar-refractivity contribution in [2.45, 2.75) is 0 Å². The second kappa shape index (κ2) is 4.61. The lowest BCUT2D eigenvalue weighted by molar-refractivity contribution is -0.120. The molecule has 0 aliphatic rings. The molecule has 0 aliphatic carbocycles. The number of hydrogen-bond acceptors (Lipinski definition) is 2. The Hall–Kier alpha value is -0.810. The van der Waals surface area contributed by atoms with Gasteiger partial charge in [0.05, 0.1) is 4.47 Å². The molecular weight excluding hydrogens is 276 g/mol. The van der Waals surface area contributed by atoms with Crippen LogP contribution in [0.25, 0.3) is 0 Å². The molecule has 0 heterocycles. The molecule has 0 aliphatic heterocycles. The van der Waals surface area contributed by atoms with Crippen molar-refractivity contribution in [2.75, 3.05) is 6.61 Å². The molecule has 0 saturated carbocycles. The SMILES string of the molecule is NC(=O)COc1c(F)cc(Cl)cc1Br. The van der Waals surface area contributed by atoms with E-state index >= 15 is 0 Å². The van der Waals surface area contributed by atoms with Crippen molar-refractivity contribution in [1.82, 2.24) is 0 Å². The minimum atomic E-state index is -0.675. The number of carbonyl (C=O) groups excluding carboxylic acids is 1. The molecule has 2 N–H and O–H groups in total. The first-order chi connectivity index (χ1) is 6.50. The van der Waals surface area contributed by atoms with Crippen LogP contribution < -0.4 is 10.5 Å². The number of ether oxygens (including phenoxy) is 1. The lowest BCUT2D eigenvalue weighted by atomic mass is 10.3. The van der Waals surface area contributed by atoms with Gasteiger partial charge in [-0.05, 0) is 28.1 Å². The van der Waals surface area contributed by atoms with Crippen LogP contribution in [0.15, 0.2) is 16.6 Å². The Bertz CT molecular complexity index is 349. The first kappa shape index (κ1) is 11.3. The van der Waals surface area contributed by atoms with E-state index in [1.54, 1.807) is 0 Å². The summed E-state index contributed by atoms with van der Waals surface area (Å²) in [5, 5.41) is 0.237. The second-order valence-electron chi connectivity index (χ2n) is 2.45. The molecule has 14 heavy (non-hydrogen) atoms. The predicted molar refractivity (Wildman–Crippen MR) is 53.8 cm³/mol. The monoisotopic (exact) mass is 281 g/mol. The van der Waals surface area contributed by atoms with Gasteiger partial charge in [-0.25, -0.2) is 4.39 Å². The van der Waals surface area contributed by atoms with E-state index in [-0.39, 0.29) is 17.4 Å². The van der Waals surface area contributed by atoms with Crippen molar-refractivity contribution >= 4 is 33.4 Å². The van der Waals surface area contributed by atoms with Crippen LogP contribution in [-0.2, 0) is 4.79 Å². The van der Waals surface area contributed by atoms with E-state index in [4.69, 9.17) is 22.1 Å². The van der Waals surface area contributed by atoms with Gasteiger partial charge in [-0.2, -0.15) is 0 Å². The van der Waals surface area contributed by atoms with Gasteiger partial charge in [0.15, 0.2) is 18.2 Å². The van der Waals surface area contributed by atoms with Crippen molar-refractivity contribution in [2.24, 2.45) is 5.73 Å². The van der Waals surface area contributed by atoms with Crippen LogP contribution >= 0.6 is 27.5 Å². The molecule has 0 bridgehead atoms. The van der Waals surface area contributed by atoms with Crippen LogP contribution in [0.2, 0.25) is 5.02 Å².